The maximum absolute atomic E-state index is 12.7. The Kier molecular flexibility index (Phi) is 6.26. The number of alkyl halides is 2. The normalized spacial score (nSPS) is 12.0. The van der Waals surface area contributed by atoms with Crippen LogP contribution in [0.4, 0.5) is 8.78 Å². The zero-order chi connectivity index (χ0) is 17.5. The number of benzene rings is 2. The Labute approximate surface area is 139 Å². The molecule has 0 aliphatic rings. The summed E-state index contributed by atoms with van der Waals surface area (Å²) >= 11 is 0. The standard InChI is InChI=1S/C18H19F2NO3/c1-21(16(10-11-22)13-6-3-2-4-7-13)17(23)14-8-5-9-15(12-14)24-18(19)20/h2-9,12,16,18,22H,10-11H2,1H3. The number of ether oxygens (including phenoxy) is 1. The van der Waals surface area contributed by atoms with Crippen molar-refractivity contribution in [3.8, 4) is 5.75 Å². The minimum atomic E-state index is -2.94. The summed E-state index contributed by atoms with van der Waals surface area (Å²) in [6.07, 6.45) is 0.374. The van der Waals surface area contributed by atoms with E-state index in [9.17, 15) is 18.7 Å². The van der Waals surface area contributed by atoms with Crippen LogP contribution >= 0.6 is 0 Å². The largest absolute Gasteiger partial charge is 0.435 e. The fraction of sp³-hybridized carbons (Fsp3) is 0.278. The van der Waals surface area contributed by atoms with Crippen molar-refractivity contribution in [1.82, 2.24) is 4.90 Å². The minimum Gasteiger partial charge on any atom is -0.435 e. The zero-order valence-corrected chi connectivity index (χ0v) is 13.2. The quantitative estimate of drug-likeness (QED) is 0.843. The lowest BCUT2D eigenvalue weighted by molar-refractivity contribution is -0.0499. The summed E-state index contributed by atoms with van der Waals surface area (Å²) in [6, 6.07) is 14.7. The van der Waals surface area contributed by atoms with Crippen LogP contribution < -0.4 is 4.74 Å². The van der Waals surface area contributed by atoms with Crippen LogP contribution in [0, 0.1) is 0 Å². The number of amides is 1. The van der Waals surface area contributed by atoms with Crippen molar-refractivity contribution in [3.63, 3.8) is 0 Å². The van der Waals surface area contributed by atoms with Crippen molar-refractivity contribution in [2.45, 2.75) is 19.1 Å². The molecule has 0 aromatic heterocycles. The lowest BCUT2D eigenvalue weighted by Crippen LogP contribution is -2.32. The molecular weight excluding hydrogens is 316 g/mol. The van der Waals surface area contributed by atoms with E-state index in [1.54, 1.807) is 7.05 Å². The van der Waals surface area contributed by atoms with Crippen LogP contribution in [0.15, 0.2) is 54.6 Å². The highest BCUT2D eigenvalue weighted by molar-refractivity contribution is 5.94. The van der Waals surface area contributed by atoms with E-state index in [2.05, 4.69) is 4.74 Å². The molecule has 1 N–H and O–H groups in total. The summed E-state index contributed by atoms with van der Waals surface area (Å²) in [5.41, 5.74) is 1.14. The van der Waals surface area contributed by atoms with Gasteiger partial charge in [-0.1, -0.05) is 36.4 Å². The monoisotopic (exact) mass is 335 g/mol. The van der Waals surface area contributed by atoms with E-state index in [1.165, 1.54) is 29.2 Å². The highest BCUT2D eigenvalue weighted by Crippen LogP contribution is 2.25. The predicted molar refractivity (Wildman–Crippen MR) is 86.1 cm³/mol. The van der Waals surface area contributed by atoms with Crippen LogP contribution in [0.3, 0.4) is 0 Å². The second-order valence-corrected chi connectivity index (χ2v) is 5.26. The third-order valence-electron chi connectivity index (χ3n) is 3.68. The Bertz CT molecular complexity index is 664. The van der Waals surface area contributed by atoms with Gasteiger partial charge in [-0.2, -0.15) is 8.78 Å². The molecule has 0 saturated heterocycles. The van der Waals surface area contributed by atoms with Crippen molar-refractivity contribution in [2.24, 2.45) is 0 Å². The molecule has 0 saturated carbocycles. The average Bonchev–Trinajstić information content (AvgIpc) is 2.59. The van der Waals surface area contributed by atoms with E-state index in [4.69, 9.17) is 0 Å². The van der Waals surface area contributed by atoms with Crippen LogP contribution in [-0.2, 0) is 0 Å². The third kappa shape index (κ3) is 4.52. The van der Waals surface area contributed by atoms with Gasteiger partial charge in [-0.25, -0.2) is 0 Å². The van der Waals surface area contributed by atoms with Crippen LogP contribution in [-0.4, -0.2) is 36.2 Å². The Morgan fingerprint density at radius 3 is 2.50 bits per heavy atom. The molecule has 24 heavy (non-hydrogen) atoms. The number of carbonyl (C=O) groups is 1. The molecule has 2 rings (SSSR count). The predicted octanol–water partition coefficient (Wildman–Crippen LogP) is 3.48. The molecule has 0 aliphatic heterocycles. The van der Waals surface area contributed by atoms with E-state index in [-0.39, 0.29) is 29.9 Å². The lowest BCUT2D eigenvalue weighted by Gasteiger charge is -2.28. The summed E-state index contributed by atoms with van der Waals surface area (Å²) < 4.78 is 29.0. The van der Waals surface area contributed by atoms with Gasteiger partial charge in [0.2, 0.25) is 0 Å². The maximum atomic E-state index is 12.7. The number of aliphatic hydroxyl groups is 1. The smallest absolute Gasteiger partial charge is 0.387 e. The number of rotatable bonds is 7. The van der Waals surface area contributed by atoms with E-state index < -0.39 is 6.61 Å². The van der Waals surface area contributed by atoms with Gasteiger partial charge in [-0.3, -0.25) is 4.79 Å². The van der Waals surface area contributed by atoms with Crippen molar-refractivity contribution in [1.29, 1.82) is 0 Å². The van der Waals surface area contributed by atoms with E-state index in [1.807, 2.05) is 30.3 Å². The highest BCUT2D eigenvalue weighted by Gasteiger charge is 2.22. The van der Waals surface area contributed by atoms with Gasteiger partial charge in [0.25, 0.3) is 5.91 Å². The fourth-order valence-corrected chi connectivity index (χ4v) is 2.53. The summed E-state index contributed by atoms with van der Waals surface area (Å²) in [5.74, 6) is -0.403. The van der Waals surface area contributed by atoms with Crippen molar-refractivity contribution < 1.29 is 23.4 Å². The second kappa shape index (κ2) is 8.40. The number of nitrogens with zero attached hydrogens (tertiary/aromatic N) is 1. The van der Waals surface area contributed by atoms with E-state index in [0.717, 1.165) is 5.56 Å². The number of hydrogen-bond donors (Lipinski definition) is 1. The maximum Gasteiger partial charge on any atom is 0.387 e. The summed E-state index contributed by atoms with van der Waals surface area (Å²) in [4.78, 5) is 14.2. The Balaban J connectivity index is 2.23. The zero-order valence-electron chi connectivity index (χ0n) is 13.2. The van der Waals surface area contributed by atoms with Crippen LogP contribution in [0.1, 0.15) is 28.4 Å². The van der Waals surface area contributed by atoms with Gasteiger partial charge in [0, 0.05) is 19.2 Å². The third-order valence-corrected chi connectivity index (χ3v) is 3.68. The molecule has 128 valence electrons. The molecule has 2 aromatic carbocycles. The number of aliphatic hydroxyl groups excluding tert-OH is 1. The molecule has 0 fully saturated rings. The van der Waals surface area contributed by atoms with Crippen molar-refractivity contribution in [3.05, 3.63) is 65.7 Å². The first kappa shape index (κ1) is 17.9. The summed E-state index contributed by atoms with van der Waals surface area (Å²) in [5, 5.41) is 9.30. The van der Waals surface area contributed by atoms with Crippen molar-refractivity contribution >= 4 is 5.91 Å². The molecule has 0 radical (unpaired) electrons. The highest BCUT2D eigenvalue weighted by atomic mass is 19.3. The molecule has 1 amide bonds. The van der Waals surface area contributed by atoms with Gasteiger partial charge < -0.3 is 14.7 Å². The SMILES string of the molecule is CN(C(=O)c1cccc(OC(F)F)c1)C(CCO)c1ccccc1. The first-order chi connectivity index (χ1) is 11.5. The second-order valence-electron chi connectivity index (χ2n) is 5.26. The summed E-state index contributed by atoms with van der Waals surface area (Å²) in [7, 11) is 1.62. The molecule has 1 atom stereocenters. The van der Waals surface area contributed by atoms with Gasteiger partial charge in [0.05, 0.1) is 6.04 Å². The number of carbonyl (C=O) groups excluding carboxylic acids is 1. The van der Waals surface area contributed by atoms with Crippen LogP contribution in [0.25, 0.3) is 0 Å². The first-order valence-corrected chi connectivity index (χ1v) is 7.50. The van der Waals surface area contributed by atoms with Crippen LogP contribution in [0.2, 0.25) is 0 Å². The van der Waals surface area contributed by atoms with Gasteiger partial charge in [0.1, 0.15) is 5.75 Å². The van der Waals surface area contributed by atoms with Gasteiger partial charge in [0.15, 0.2) is 0 Å². The van der Waals surface area contributed by atoms with Crippen LogP contribution in [0.5, 0.6) is 5.75 Å². The topological polar surface area (TPSA) is 49.8 Å². The summed E-state index contributed by atoms with van der Waals surface area (Å²) in [6.45, 7) is -3.02. The molecule has 0 bridgehead atoms. The molecular formula is C18H19F2NO3. The number of halogens is 2. The van der Waals surface area contributed by atoms with Gasteiger partial charge in [-0.15, -0.1) is 0 Å². The Hall–Kier alpha value is -2.47. The Morgan fingerprint density at radius 1 is 1.17 bits per heavy atom. The molecule has 0 spiro atoms. The Morgan fingerprint density at radius 2 is 1.88 bits per heavy atom. The minimum absolute atomic E-state index is 0.0670. The van der Waals surface area contributed by atoms with Crippen molar-refractivity contribution in [2.75, 3.05) is 13.7 Å². The number of hydrogen-bond acceptors (Lipinski definition) is 3. The van der Waals surface area contributed by atoms with Gasteiger partial charge in [-0.05, 0) is 30.2 Å². The average molecular weight is 335 g/mol. The van der Waals surface area contributed by atoms with Gasteiger partial charge >= 0.3 is 6.61 Å². The molecule has 0 aliphatic carbocycles. The molecule has 6 heteroatoms. The first-order valence-electron chi connectivity index (χ1n) is 7.50. The molecule has 1 unspecified atom stereocenters. The molecule has 4 nitrogen and oxygen atoms in total. The fourth-order valence-electron chi connectivity index (χ4n) is 2.53. The molecule has 0 heterocycles. The van der Waals surface area contributed by atoms with E-state index >= 15 is 0 Å². The lowest BCUT2D eigenvalue weighted by atomic mass is 10.0. The molecule has 2 aromatic rings. The van der Waals surface area contributed by atoms with E-state index in [0.29, 0.717) is 6.42 Å².